The first kappa shape index (κ1) is 9.04. The molecule has 0 atom stereocenters. The lowest BCUT2D eigenvalue weighted by Crippen LogP contribution is -1.80. The second kappa shape index (κ2) is 4.10. The van der Waals surface area contributed by atoms with Crippen molar-refractivity contribution in [3.8, 4) is 0 Å². The zero-order chi connectivity index (χ0) is 8.97. The summed E-state index contributed by atoms with van der Waals surface area (Å²) in [5, 5.41) is 0. The van der Waals surface area contributed by atoms with E-state index in [9.17, 15) is 0 Å². The van der Waals surface area contributed by atoms with Crippen molar-refractivity contribution in [1.82, 2.24) is 4.98 Å². The van der Waals surface area contributed by atoms with E-state index in [0.29, 0.717) is 11.8 Å². The molecule has 66 valence electrons. The molecule has 2 heteroatoms. The predicted octanol–water partition coefficient (Wildman–Crippen LogP) is 3.22. The molecule has 0 fully saturated rings. The third-order valence-corrected chi connectivity index (χ3v) is 1.61. The van der Waals surface area contributed by atoms with Crippen LogP contribution in [0.5, 0.6) is 0 Å². The third kappa shape index (κ3) is 2.22. The van der Waals surface area contributed by atoms with Crippen molar-refractivity contribution >= 4 is 6.08 Å². The molecule has 0 bridgehead atoms. The second-order valence-electron chi connectivity index (χ2n) is 3.07. The molecule has 1 rings (SSSR count). The minimum Gasteiger partial charge on any atom is -0.442 e. The number of oxazole rings is 1. The molecule has 1 aromatic rings. The van der Waals surface area contributed by atoms with Crippen LogP contribution in [-0.4, -0.2) is 4.98 Å². The van der Waals surface area contributed by atoms with Gasteiger partial charge >= 0.3 is 0 Å². The predicted molar refractivity (Wildman–Crippen MR) is 49.9 cm³/mol. The Morgan fingerprint density at radius 3 is 2.83 bits per heavy atom. The van der Waals surface area contributed by atoms with Crippen LogP contribution in [0.25, 0.3) is 6.08 Å². The lowest BCUT2D eigenvalue weighted by Gasteiger charge is -1.94. The molecule has 0 N–H and O–H groups in total. The number of allylic oxidation sites excluding steroid dienone is 1. The van der Waals surface area contributed by atoms with E-state index in [-0.39, 0.29) is 0 Å². The van der Waals surface area contributed by atoms with Gasteiger partial charge in [-0.15, -0.1) is 0 Å². The number of aromatic nitrogens is 1. The van der Waals surface area contributed by atoms with E-state index in [1.54, 1.807) is 6.20 Å². The van der Waals surface area contributed by atoms with Gasteiger partial charge in [-0.2, -0.15) is 0 Å². The van der Waals surface area contributed by atoms with Crippen molar-refractivity contribution in [1.29, 1.82) is 0 Å². The van der Waals surface area contributed by atoms with Crippen LogP contribution in [0, 0.1) is 0 Å². The molecule has 0 aliphatic carbocycles. The van der Waals surface area contributed by atoms with E-state index in [1.807, 2.05) is 12.2 Å². The normalized spacial score (nSPS) is 11.7. The SMILES string of the molecule is CCC=Cc1ncc(C(C)C)o1. The molecule has 0 radical (unpaired) electrons. The number of rotatable bonds is 3. The smallest absolute Gasteiger partial charge is 0.218 e. The summed E-state index contributed by atoms with van der Waals surface area (Å²) < 4.78 is 5.45. The van der Waals surface area contributed by atoms with Gasteiger partial charge in [0.2, 0.25) is 5.89 Å². The largest absolute Gasteiger partial charge is 0.442 e. The molecule has 0 spiro atoms. The standard InChI is InChI=1S/C10H15NO/c1-4-5-6-10-11-7-9(12-10)8(2)3/h5-8H,4H2,1-3H3. The summed E-state index contributed by atoms with van der Waals surface area (Å²) in [5.41, 5.74) is 0. The second-order valence-corrected chi connectivity index (χ2v) is 3.07. The molecular weight excluding hydrogens is 150 g/mol. The van der Waals surface area contributed by atoms with Gasteiger partial charge in [-0.3, -0.25) is 0 Å². The highest BCUT2D eigenvalue weighted by Gasteiger charge is 2.04. The summed E-state index contributed by atoms with van der Waals surface area (Å²) in [4.78, 5) is 4.12. The van der Waals surface area contributed by atoms with Crippen molar-refractivity contribution in [2.75, 3.05) is 0 Å². The van der Waals surface area contributed by atoms with E-state index in [2.05, 4.69) is 25.8 Å². The average molecular weight is 165 g/mol. The molecule has 0 saturated heterocycles. The van der Waals surface area contributed by atoms with E-state index >= 15 is 0 Å². The van der Waals surface area contributed by atoms with Gasteiger partial charge in [0.15, 0.2) is 0 Å². The zero-order valence-corrected chi connectivity index (χ0v) is 7.87. The molecule has 0 amide bonds. The first-order chi connectivity index (χ1) is 5.74. The summed E-state index contributed by atoms with van der Waals surface area (Å²) in [6.07, 6.45) is 6.75. The Bertz CT molecular complexity index is 261. The lowest BCUT2D eigenvalue weighted by atomic mass is 10.2. The van der Waals surface area contributed by atoms with Gasteiger partial charge < -0.3 is 4.42 Å². The molecule has 0 aliphatic rings. The Morgan fingerprint density at radius 2 is 2.33 bits per heavy atom. The van der Waals surface area contributed by atoms with Gasteiger partial charge in [-0.25, -0.2) is 4.98 Å². The molecule has 0 unspecified atom stereocenters. The summed E-state index contributed by atoms with van der Waals surface area (Å²) in [6, 6.07) is 0. The first-order valence-electron chi connectivity index (χ1n) is 4.36. The third-order valence-electron chi connectivity index (χ3n) is 1.61. The fourth-order valence-corrected chi connectivity index (χ4v) is 0.863. The number of hydrogen-bond donors (Lipinski definition) is 0. The highest BCUT2D eigenvalue weighted by atomic mass is 16.4. The van der Waals surface area contributed by atoms with Gasteiger partial charge in [0.1, 0.15) is 5.76 Å². The van der Waals surface area contributed by atoms with Crippen LogP contribution < -0.4 is 0 Å². The van der Waals surface area contributed by atoms with Crippen molar-refractivity contribution in [3.05, 3.63) is 23.9 Å². The minimum atomic E-state index is 0.418. The van der Waals surface area contributed by atoms with Gasteiger partial charge in [0.25, 0.3) is 0 Å². The molecule has 1 heterocycles. The molecule has 1 aromatic heterocycles. The van der Waals surface area contributed by atoms with Crippen molar-refractivity contribution < 1.29 is 4.42 Å². The quantitative estimate of drug-likeness (QED) is 0.687. The number of nitrogens with zero attached hydrogens (tertiary/aromatic N) is 1. The maximum absolute atomic E-state index is 5.45. The van der Waals surface area contributed by atoms with Crippen LogP contribution in [0.1, 0.15) is 44.8 Å². The Balaban J connectivity index is 2.70. The fraction of sp³-hybridized carbons (Fsp3) is 0.500. The van der Waals surface area contributed by atoms with Crippen molar-refractivity contribution in [3.63, 3.8) is 0 Å². The van der Waals surface area contributed by atoms with Crippen molar-refractivity contribution in [2.24, 2.45) is 0 Å². The summed E-state index contributed by atoms with van der Waals surface area (Å²) in [5.74, 6) is 2.08. The Kier molecular flexibility index (Phi) is 3.09. The van der Waals surface area contributed by atoms with E-state index in [1.165, 1.54) is 0 Å². The van der Waals surface area contributed by atoms with Gasteiger partial charge in [0.05, 0.1) is 6.20 Å². The maximum Gasteiger partial charge on any atom is 0.218 e. The van der Waals surface area contributed by atoms with Crippen LogP contribution in [-0.2, 0) is 0 Å². The molecular formula is C10H15NO. The average Bonchev–Trinajstić information content (AvgIpc) is 2.48. The first-order valence-corrected chi connectivity index (χ1v) is 4.36. The Hall–Kier alpha value is -1.05. The van der Waals surface area contributed by atoms with E-state index in [0.717, 1.165) is 12.2 Å². The zero-order valence-electron chi connectivity index (χ0n) is 7.87. The summed E-state index contributed by atoms with van der Waals surface area (Å²) in [6.45, 7) is 6.27. The monoisotopic (exact) mass is 165 g/mol. The van der Waals surface area contributed by atoms with Gasteiger partial charge in [0, 0.05) is 5.92 Å². The van der Waals surface area contributed by atoms with Crippen LogP contribution in [0.2, 0.25) is 0 Å². The molecule has 0 saturated carbocycles. The highest BCUT2D eigenvalue weighted by molar-refractivity contribution is 5.37. The van der Waals surface area contributed by atoms with Gasteiger partial charge in [-0.05, 0) is 12.5 Å². The lowest BCUT2D eigenvalue weighted by molar-refractivity contribution is 0.474. The topological polar surface area (TPSA) is 26.0 Å². The fourth-order valence-electron chi connectivity index (χ4n) is 0.863. The Labute approximate surface area is 73.3 Å². The number of hydrogen-bond acceptors (Lipinski definition) is 2. The van der Waals surface area contributed by atoms with Crippen LogP contribution in [0.4, 0.5) is 0 Å². The van der Waals surface area contributed by atoms with Gasteiger partial charge in [-0.1, -0.05) is 26.8 Å². The van der Waals surface area contributed by atoms with Crippen LogP contribution in [0.3, 0.4) is 0 Å². The summed E-state index contributed by atoms with van der Waals surface area (Å²) >= 11 is 0. The molecule has 2 nitrogen and oxygen atoms in total. The summed E-state index contributed by atoms with van der Waals surface area (Å²) in [7, 11) is 0. The van der Waals surface area contributed by atoms with Crippen LogP contribution in [0.15, 0.2) is 16.7 Å². The molecule has 0 aromatic carbocycles. The van der Waals surface area contributed by atoms with Crippen molar-refractivity contribution in [2.45, 2.75) is 33.1 Å². The molecule has 12 heavy (non-hydrogen) atoms. The van der Waals surface area contributed by atoms with Crippen LogP contribution >= 0.6 is 0 Å². The molecule has 0 aliphatic heterocycles. The van der Waals surface area contributed by atoms with E-state index in [4.69, 9.17) is 4.42 Å². The highest BCUT2D eigenvalue weighted by Crippen LogP contribution is 2.15. The Morgan fingerprint density at radius 1 is 1.58 bits per heavy atom. The van der Waals surface area contributed by atoms with E-state index < -0.39 is 0 Å². The maximum atomic E-state index is 5.45. The minimum absolute atomic E-state index is 0.418.